The van der Waals surface area contributed by atoms with Crippen LogP contribution in [0.4, 0.5) is 5.69 Å². The van der Waals surface area contributed by atoms with Crippen LogP contribution in [0.2, 0.25) is 0 Å². The molecule has 2 fully saturated rings. The van der Waals surface area contributed by atoms with E-state index in [-0.39, 0.29) is 30.5 Å². The summed E-state index contributed by atoms with van der Waals surface area (Å²) in [7, 11) is 0. The number of fused-ring (bicyclic) bond motifs is 3. The summed E-state index contributed by atoms with van der Waals surface area (Å²) in [5, 5.41) is 11.8. The van der Waals surface area contributed by atoms with E-state index in [1.165, 1.54) is 9.80 Å². The lowest BCUT2D eigenvalue weighted by Gasteiger charge is -2.35. The third kappa shape index (κ3) is 3.95. The van der Waals surface area contributed by atoms with Crippen LogP contribution in [0, 0.1) is 0 Å². The van der Waals surface area contributed by atoms with Gasteiger partial charge in [0.2, 0.25) is 0 Å². The number of ether oxygens (including phenoxy) is 2. The lowest BCUT2D eigenvalue weighted by atomic mass is 9.81. The number of carbonyl (C=O) groups is 3. The summed E-state index contributed by atoms with van der Waals surface area (Å²) < 4.78 is 11.2. The van der Waals surface area contributed by atoms with Gasteiger partial charge in [-0.3, -0.25) is 19.3 Å². The van der Waals surface area contributed by atoms with E-state index in [4.69, 9.17) is 9.47 Å². The molecule has 1 spiro atoms. The SMILES string of the molecule is C=CCN1C(=O)[C@@]2(C(=C(O)c3ccc4c(c3)C[C@@H](C)O4)C(=O)C(=O)N2CCCN2CCOCC2)c2ccccc21. The Balaban J connectivity index is 1.48. The number of ketones is 1. The van der Waals surface area contributed by atoms with Gasteiger partial charge in [-0.25, -0.2) is 0 Å². The van der Waals surface area contributed by atoms with E-state index in [9.17, 15) is 19.5 Å². The number of rotatable bonds is 7. The molecule has 1 N–H and O–H groups in total. The summed E-state index contributed by atoms with van der Waals surface area (Å²) in [6.45, 7) is 9.72. The van der Waals surface area contributed by atoms with E-state index < -0.39 is 23.1 Å². The van der Waals surface area contributed by atoms with Gasteiger partial charge in [-0.15, -0.1) is 6.58 Å². The zero-order valence-electron chi connectivity index (χ0n) is 22.6. The summed E-state index contributed by atoms with van der Waals surface area (Å²) in [5.74, 6) is -1.73. The van der Waals surface area contributed by atoms with Gasteiger partial charge in [-0.05, 0) is 43.2 Å². The summed E-state index contributed by atoms with van der Waals surface area (Å²) in [6.07, 6.45) is 2.82. The average molecular weight is 544 g/mol. The van der Waals surface area contributed by atoms with Gasteiger partial charge >= 0.3 is 0 Å². The number of anilines is 1. The predicted molar refractivity (Wildman–Crippen MR) is 149 cm³/mol. The molecule has 2 amide bonds. The third-order valence-corrected chi connectivity index (χ3v) is 8.25. The highest BCUT2D eigenvalue weighted by molar-refractivity contribution is 6.50. The molecule has 0 bridgehead atoms. The number of amides is 2. The Morgan fingerprint density at radius 2 is 1.90 bits per heavy atom. The highest BCUT2D eigenvalue weighted by Gasteiger charge is 2.66. The van der Waals surface area contributed by atoms with E-state index in [0.29, 0.717) is 49.4 Å². The third-order valence-electron chi connectivity index (χ3n) is 8.25. The van der Waals surface area contributed by atoms with Crippen molar-refractivity contribution >= 4 is 29.0 Å². The highest BCUT2D eigenvalue weighted by Crippen LogP contribution is 2.53. The van der Waals surface area contributed by atoms with Gasteiger partial charge in [0.15, 0.2) is 5.54 Å². The number of aliphatic hydroxyl groups excluding tert-OH is 1. The molecule has 9 heteroatoms. The molecule has 0 unspecified atom stereocenters. The molecule has 40 heavy (non-hydrogen) atoms. The maximum Gasteiger partial charge on any atom is 0.296 e. The molecule has 0 saturated carbocycles. The van der Waals surface area contributed by atoms with Crippen LogP contribution >= 0.6 is 0 Å². The number of nitrogens with zero attached hydrogens (tertiary/aromatic N) is 3. The summed E-state index contributed by atoms with van der Waals surface area (Å²) in [6, 6.07) is 12.4. The first-order valence-electron chi connectivity index (χ1n) is 13.8. The van der Waals surface area contributed by atoms with Crippen LogP contribution in [0.5, 0.6) is 5.75 Å². The van der Waals surface area contributed by atoms with E-state index in [0.717, 1.165) is 24.4 Å². The molecular formula is C31H33N3O6. The molecule has 0 aromatic heterocycles. The first-order valence-corrected chi connectivity index (χ1v) is 13.8. The molecule has 6 rings (SSSR count). The Kier molecular flexibility index (Phi) is 6.72. The van der Waals surface area contributed by atoms with Crippen molar-refractivity contribution in [3.8, 4) is 5.75 Å². The van der Waals surface area contributed by atoms with Gasteiger partial charge in [-0.2, -0.15) is 0 Å². The average Bonchev–Trinajstić information content (AvgIpc) is 3.53. The van der Waals surface area contributed by atoms with Crippen molar-refractivity contribution < 1.29 is 29.0 Å². The van der Waals surface area contributed by atoms with E-state index >= 15 is 0 Å². The van der Waals surface area contributed by atoms with Gasteiger partial charge in [-0.1, -0.05) is 24.3 Å². The number of benzene rings is 2. The second kappa shape index (κ2) is 10.2. The molecule has 4 aliphatic rings. The van der Waals surface area contributed by atoms with E-state index in [1.807, 2.05) is 13.0 Å². The summed E-state index contributed by atoms with van der Waals surface area (Å²) >= 11 is 0. The van der Waals surface area contributed by atoms with Crippen molar-refractivity contribution in [2.75, 3.05) is 50.8 Å². The molecule has 2 aromatic rings. The number of para-hydroxylation sites is 1. The fourth-order valence-electron chi connectivity index (χ4n) is 6.47. The standard InChI is InChI=1S/C31H33N3O6/c1-3-11-33-24-8-5-4-7-23(24)31(30(33)38)26(27(35)21-9-10-25-22(19-21)18-20(2)40-25)28(36)29(37)34(31)13-6-12-32-14-16-39-17-15-32/h3-5,7-10,19-20,35H,1,6,11-18H2,2H3/t20-,31+/m1/s1. The molecule has 4 aliphatic heterocycles. The van der Waals surface area contributed by atoms with E-state index in [2.05, 4.69) is 11.5 Å². The molecule has 2 saturated heterocycles. The maximum atomic E-state index is 14.5. The molecule has 0 radical (unpaired) electrons. The summed E-state index contributed by atoms with van der Waals surface area (Å²) in [5.41, 5.74) is 0.402. The second-order valence-corrected chi connectivity index (χ2v) is 10.7. The topological polar surface area (TPSA) is 99.6 Å². The Morgan fingerprint density at radius 3 is 2.67 bits per heavy atom. The minimum absolute atomic E-state index is 0.00113. The summed E-state index contributed by atoms with van der Waals surface area (Å²) in [4.78, 5) is 47.2. The first-order chi connectivity index (χ1) is 19.4. The van der Waals surface area contributed by atoms with Crippen molar-refractivity contribution in [1.82, 2.24) is 9.80 Å². The molecule has 0 aliphatic carbocycles. The number of morpholine rings is 1. The van der Waals surface area contributed by atoms with Crippen LogP contribution < -0.4 is 9.64 Å². The van der Waals surface area contributed by atoms with Crippen LogP contribution in [-0.4, -0.2) is 84.5 Å². The predicted octanol–water partition coefficient (Wildman–Crippen LogP) is 2.84. The van der Waals surface area contributed by atoms with Crippen LogP contribution in [-0.2, 0) is 31.1 Å². The Bertz CT molecular complexity index is 1430. The zero-order valence-corrected chi connectivity index (χ0v) is 22.6. The van der Waals surface area contributed by atoms with Gasteiger partial charge in [0.05, 0.1) is 24.5 Å². The number of hydrogen-bond donors (Lipinski definition) is 1. The number of aliphatic hydroxyl groups is 1. The maximum absolute atomic E-state index is 14.5. The van der Waals surface area contributed by atoms with Crippen molar-refractivity contribution in [3.63, 3.8) is 0 Å². The van der Waals surface area contributed by atoms with Crippen LogP contribution in [0.1, 0.15) is 30.0 Å². The Hall–Kier alpha value is -3.95. The van der Waals surface area contributed by atoms with Crippen LogP contribution in [0.3, 0.4) is 0 Å². The molecule has 9 nitrogen and oxygen atoms in total. The molecule has 4 heterocycles. The Labute approximate surface area is 233 Å². The van der Waals surface area contributed by atoms with Crippen molar-refractivity contribution in [2.24, 2.45) is 0 Å². The van der Waals surface area contributed by atoms with Crippen molar-refractivity contribution in [1.29, 1.82) is 0 Å². The van der Waals surface area contributed by atoms with Gasteiger partial charge in [0, 0.05) is 50.3 Å². The van der Waals surface area contributed by atoms with Crippen molar-refractivity contribution in [2.45, 2.75) is 31.4 Å². The smallest absolute Gasteiger partial charge is 0.296 e. The molecular weight excluding hydrogens is 510 g/mol. The van der Waals surface area contributed by atoms with Crippen LogP contribution in [0.15, 0.2) is 60.7 Å². The monoisotopic (exact) mass is 543 g/mol. The van der Waals surface area contributed by atoms with E-state index in [1.54, 1.807) is 42.5 Å². The van der Waals surface area contributed by atoms with Gasteiger partial charge in [0.1, 0.15) is 17.6 Å². The number of likely N-dealkylation sites (tertiary alicyclic amines) is 1. The van der Waals surface area contributed by atoms with Crippen LogP contribution in [0.25, 0.3) is 5.76 Å². The lowest BCUT2D eigenvalue weighted by Crippen LogP contribution is -2.52. The fraction of sp³-hybridized carbons (Fsp3) is 0.387. The number of carbonyl (C=O) groups excluding carboxylic acids is 3. The number of hydrogen-bond acceptors (Lipinski definition) is 7. The molecule has 2 aromatic carbocycles. The first kappa shape index (κ1) is 26.3. The largest absolute Gasteiger partial charge is 0.507 e. The lowest BCUT2D eigenvalue weighted by molar-refractivity contribution is -0.143. The minimum atomic E-state index is -1.77. The Morgan fingerprint density at radius 1 is 1.12 bits per heavy atom. The van der Waals surface area contributed by atoms with Gasteiger partial charge < -0.3 is 24.4 Å². The molecule has 2 atom stereocenters. The zero-order chi connectivity index (χ0) is 28.0. The van der Waals surface area contributed by atoms with Crippen molar-refractivity contribution in [3.05, 3.63) is 77.4 Å². The highest BCUT2D eigenvalue weighted by atomic mass is 16.5. The molecule has 208 valence electrons. The van der Waals surface area contributed by atoms with Gasteiger partial charge in [0.25, 0.3) is 17.6 Å². The fourth-order valence-corrected chi connectivity index (χ4v) is 6.47. The number of Topliss-reactive ketones (excluding diaryl/α,β-unsaturated/α-hetero) is 1. The second-order valence-electron chi connectivity index (χ2n) is 10.7. The minimum Gasteiger partial charge on any atom is -0.507 e. The normalized spacial score (nSPS) is 25.4. The quantitative estimate of drug-likeness (QED) is 0.248.